The minimum absolute atomic E-state index is 0.0291. The first-order chi connectivity index (χ1) is 9.75. The number of nitrogens with zero attached hydrogens (tertiary/aromatic N) is 1. The molecule has 2 aliphatic rings. The van der Waals surface area contributed by atoms with Crippen LogP contribution in [0.3, 0.4) is 0 Å². The third-order valence-electron chi connectivity index (χ3n) is 3.35. The van der Waals surface area contributed by atoms with Gasteiger partial charge in [-0.1, -0.05) is 36.4 Å². The molecule has 0 aromatic heterocycles. The Morgan fingerprint density at radius 3 is 2.50 bits per heavy atom. The Kier molecular flexibility index (Phi) is 2.62. The zero-order valence-corrected chi connectivity index (χ0v) is 12.7. The molecule has 20 heavy (non-hydrogen) atoms. The fraction of sp³-hybridized carbons (Fsp3) is 0. The summed E-state index contributed by atoms with van der Waals surface area (Å²) in [7, 11) is 0. The van der Waals surface area contributed by atoms with Crippen molar-refractivity contribution < 1.29 is 0 Å². The Hall–Kier alpha value is -1.78. The van der Waals surface area contributed by atoms with Crippen LogP contribution in [0.4, 0.5) is 0 Å². The highest BCUT2D eigenvalue weighted by atomic mass is 79.9. The molecule has 1 aliphatic heterocycles. The molecule has 0 amide bonds. The zero-order valence-electron chi connectivity index (χ0n) is 10.3. The summed E-state index contributed by atoms with van der Waals surface area (Å²) >= 11 is 5.04. The molecule has 0 saturated heterocycles. The summed E-state index contributed by atoms with van der Waals surface area (Å²) in [5.74, 6) is 0. The molecule has 0 radical (unpaired) electrons. The molecule has 0 saturated carbocycles. The number of para-hydroxylation sites is 1. The van der Waals surface area contributed by atoms with Crippen LogP contribution in [0.2, 0.25) is 0 Å². The van der Waals surface area contributed by atoms with E-state index in [4.69, 9.17) is 4.98 Å². The maximum Gasteiger partial charge on any atom is 0.202 e. The van der Waals surface area contributed by atoms with Crippen LogP contribution < -0.4 is 5.43 Å². The minimum atomic E-state index is 0.0291. The van der Waals surface area contributed by atoms with Crippen molar-refractivity contribution in [2.24, 2.45) is 0 Å². The molecule has 96 valence electrons. The maximum atomic E-state index is 12.4. The van der Waals surface area contributed by atoms with Gasteiger partial charge in [-0.25, -0.2) is 4.98 Å². The smallest absolute Gasteiger partial charge is 0.202 e. The van der Waals surface area contributed by atoms with Crippen molar-refractivity contribution in [2.45, 2.75) is 0 Å². The molecule has 0 unspecified atom stereocenters. The van der Waals surface area contributed by atoms with Crippen molar-refractivity contribution in [1.29, 1.82) is 0 Å². The van der Waals surface area contributed by atoms with E-state index in [0.717, 1.165) is 26.2 Å². The number of fused-ring (bicyclic) bond motifs is 4. The van der Waals surface area contributed by atoms with E-state index in [1.54, 1.807) is 11.3 Å². The topological polar surface area (TPSA) is 30.0 Å². The van der Waals surface area contributed by atoms with Crippen molar-refractivity contribution in [3.63, 3.8) is 0 Å². The SMILES string of the molecule is O=c1c(Br)c2sc3ccccc3nc-2c2ccccc12. The highest BCUT2D eigenvalue weighted by molar-refractivity contribution is 9.10. The van der Waals surface area contributed by atoms with Crippen LogP contribution in [-0.4, -0.2) is 4.98 Å². The van der Waals surface area contributed by atoms with E-state index >= 15 is 0 Å². The Morgan fingerprint density at radius 1 is 0.950 bits per heavy atom. The van der Waals surface area contributed by atoms with Crippen molar-refractivity contribution in [3.8, 4) is 10.6 Å². The molecule has 0 fully saturated rings. The van der Waals surface area contributed by atoms with Gasteiger partial charge in [-0.3, -0.25) is 4.79 Å². The van der Waals surface area contributed by atoms with Crippen LogP contribution in [0.1, 0.15) is 0 Å². The lowest BCUT2D eigenvalue weighted by atomic mass is 10.1. The van der Waals surface area contributed by atoms with Gasteiger partial charge >= 0.3 is 0 Å². The van der Waals surface area contributed by atoms with E-state index in [2.05, 4.69) is 15.9 Å². The monoisotopic (exact) mass is 341 g/mol. The molecule has 1 heterocycles. The van der Waals surface area contributed by atoms with Gasteiger partial charge in [-0.2, -0.15) is 0 Å². The molecule has 0 spiro atoms. The average Bonchev–Trinajstić information content (AvgIpc) is 2.51. The van der Waals surface area contributed by atoms with Gasteiger partial charge in [-0.05, 0) is 28.1 Å². The van der Waals surface area contributed by atoms with Crippen molar-refractivity contribution in [1.82, 2.24) is 4.98 Å². The molecular formula is C16H8BrNOS. The van der Waals surface area contributed by atoms with E-state index in [9.17, 15) is 4.79 Å². The van der Waals surface area contributed by atoms with Crippen LogP contribution >= 0.6 is 27.3 Å². The minimum Gasteiger partial charge on any atom is -0.288 e. The van der Waals surface area contributed by atoms with Gasteiger partial charge in [-0.15, -0.1) is 11.3 Å². The molecule has 2 nitrogen and oxygen atoms in total. The second-order valence-corrected chi connectivity index (χ2v) is 6.39. The van der Waals surface area contributed by atoms with E-state index in [-0.39, 0.29) is 5.43 Å². The molecule has 0 N–H and O–H groups in total. The molecule has 4 rings (SSSR count). The normalized spacial score (nSPS) is 11.4. The Bertz CT molecular complexity index is 992. The molecule has 4 heteroatoms. The molecule has 1 aliphatic carbocycles. The number of halogens is 1. The zero-order chi connectivity index (χ0) is 13.7. The number of hydrogen-bond donors (Lipinski definition) is 0. The molecule has 2 aromatic rings. The van der Waals surface area contributed by atoms with Crippen LogP contribution in [-0.2, 0) is 0 Å². The van der Waals surface area contributed by atoms with Gasteiger partial charge in [0, 0.05) is 10.8 Å². The predicted octanol–water partition coefficient (Wildman–Crippen LogP) is 4.68. The van der Waals surface area contributed by atoms with E-state index < -0.39 is 0 Å². The van der Waals surface area contributed by atoms with Crippen LogP contribution in [0, 0.1) is 0 Å². The van der Waals surface area contributed by atoms with Crippen molar-refractivity contribution in [2.75, 3.05) is 0 Å². The highest BCUT2D eigenvalue weighted by Gasteiger charge is 2.18. The molecule has 0 bridgehead atoms. The van der Waals surface area contributed by atoms with E-state index in [1.165, 1.54) is 0 Å². The first kappa shape index (κ1) is 12.0. The lowest BCUT2D eigenvalue weighted by Crippen LogP contribution is -2.06. The van der Waals surface area contributed by atoms with Crippen LogP contribution in [0.25, 0.3) is 31.6 Å². The Balaban J connectivity index is 2.34. The van der Waals surface area contributed by atoms with E-state index in [1.807, 2.05) is 48.5 Å². The predicted molar refractivity (Wildman–Crippen MR) is 87.7 cm³/mol. The summed E-state index contributed by atoms with van der Waals surface area (Å²) in [6.07, 6.45) is 0. The summed E-state index contributed by atoms with van der Waals surface area (Å²) in [6.45, 7) is 0. The lowest BCUT2D eigenvalue weighted by molar-refractivity contribution is 1.43. The largest absolute Gasteiger partial charge is 0.288 e. The second kappa shape index (κ2) is 4.36. The van der Waals surface area contributed by atoms with E-state index in [0.29, 0.717) is 9.86 Å². The molecule has 2 aromatic carbocycles. The van der Waals surface area contributed by atoms with Crippen molar-refractivity contribution >= 4 is 48.3 Å². The number of aromatic nitrogens is 1. The summed E-state index contributed by atoms with van der Waals surface area (Å²) in [4.78, 5) is 18.1. The van der Waals surface area contributed by atoms with Gasteiger partial charge in [0.1, 0.15) is 0 Å². The number of benzene rings is 3. The summed E-state index contributed by atoms with van der Waals surface area (Å²) in [5.41, 5.74) is 1.87. The fourth-order valence-electron chi connectivity index (χ4n) is 2.41. The van der Waals surface area contributed by atoms with Crippen molar-refractivity contribution in [3.05, 3.63) is 63.2 Å². The van der Waals surface area contributed by atoms with Gasteiger partial charge in [0.25, 0.3) is 0 Å². The van der Waals surface area contributed by atoms with Gasteiger partial charge < -0.3 is 0 Å². The second-order valence-electron chi connectivity index (χ2n) is 4.55. The van der Waals surface area contributed by atoms with Gasteiger partial charge in [0.15, 0.2) is 0 Å². The first-order valence-electron chi connectivity index (χ1n) is 6.15. The summed E-state index contributed by atoms with van der Waals surface area (Å²) in [6, 6.07) is 15.6. The first-order valence-corrected chi connectivity index (χ1v) is 7.76. The number of rotatable bonds is 0. The lowest BCUT2D eigenvalue weighted by Gasteiger charge is -2.11. The maximum absolute atomic E-state index is 12.4. The molecule has 0 atom stereocenters. The third-order valence-corrected chi connectivity index (χ3v) is 5.54. The van der Waals surface area contributed by atoms with Crippen LogP contribution in [0.5, 0.6) is 0 Å². The standard InChI is InChI=1S/C16H8BrNOS/c17-13-15(19)10-6-2-1-5-9(10)14-16(13)20-12-8-4-3-7-11(12)18-14/h1-8H. The Labute approximate surface area is 127 Å². The average molecular weight is 342 g/mol. The Morgan fingerprint density at radius 2 is 1.65 bits per heavy atom. The third kappa shape index (κ3) is 1.62. The summed E-state index contributed by atoms with van der Waals surface area (Å²) in [5, 5.41) is 1.62. The fourth-order valence-corrected chi connectivity index (χ4v) is 4.07. The van der Waals surface area contributed by atoms with Gasteiger partial charge in [0.2, 0.25) is 5.43 Å². The number of hydrogen-bond acceptors (Lipinski definition) is 3. The van der Waals surface area contributed by atoms with Crippen LogP contribution in [0.15, 0.2) is 57.8 Å². The summed E-state index contributed by atoms with van der Waals surface area (Å²) < 4.78 is 1.69. The quantitative estimate of drug-likeness (QED) is 0.343. The molecular weight excluding hydrogens is 334 g/mol. The van der Waals surface area contributed by atoms with Gasteiger partial charge in [0.05, 0.1) is 25.3 Å². The highest BCUT2D eigenvalue weighted by Crippen LogP contribution is 2.38.